The van der Waals surface area contributed by atoms with Gasteiger partial charge in [0.25, 0.3) is 11.0 Å². The van der Waals surface area contributed by atoms with Gasteiger partial charge in [-0.15, -0.1) is 0 Å². The van der Waals surface area contributed by atoms with Crippen LogP contribution in [0.25, 0.3) is 0 Å². The van der Waals surface area contributed by atoms with Crippen LogP contribution >= 0.6 is 11.6 Å². The number of anilines is 1. The van der Waals surface area contributed by atoms with Crippen LogP contribution in [0.15, 0.2) is 82.8 Å². The van der Waals surface area contributed by atoms with Gasteiger partial charge in [0.2, 0.25) is 9.84 Å². The summed E-state index contributed by atoms with van der Waals surface area (Å²) in [6.45, 7) is 3.53. The summed E-state index contributed by atoms with van der Waals surface area (Å²) in [6.07, 6.45) is 0. The Morgan fingerprint density at radius 3 is 2.41 bits per heavy atom. The number of sulfone groups is 1. The molecule has 2 aliphatic heterocycles. The normalized spacial score (nSPS) is 17.5. The van der Waals surface area contributed by atoms with Crippen LogP contribution in [-0.2, 0) is 37.3 Å². The van der Waals surface area contributed by atoms with Crippen molar-refractivity contribution in [3.63, 3.8) is 0 Å². The van der Waals surface area contributed by atoms with E-state index in [9.17, 15) is 18.0 Å². The summed E-state index contributed by atoms with van der Waals surface area (Å²) in [6, 6.07) is 19.8. The van der Waals surface area contributed by atoms with E-state index in [0.717, 1.165) is 24.2 Å². The molecule has 3 aromatic rings. The molecule has 1 unspecified atom stereocenters. The van der Waals surface area contributed by atoms with Crippen molar-refractivity contribution >= 4 is 43.9 Å². The molecule has 202 valence electrons. The molecule has 0 saturated carbocycles. The zero-order valence-electron chi connectivity index (χ0n) is 21.0. The minimum Gasteiger partial charge on any atom is -0.379 e. The van der Waals surface area contributed by atoms with E-state index in [1.165, 1.54) is 12.1 Å². The van der Waals surface area contributed by atoms with Gasteiger partial charge >= 0.3 is 0 Å². The molecule has 2 aliphatic rings. The lowest BCUT2D eigenvalue weighted by molar-refractivity contribution is -0.116. The van der Waals surface area contributed by atoms with Gasteiger partial charge in [-0.25, -0.2) is 8.42 Å². The van der Waals surface area contributed by atoms with E-state index < -0.39 is 26.8 Å². The van der Waals surface area contributed by atoms with Crippen molar-refractivity contribution in [3.05, 3.63) is 94.5 Å². The molecule has 0 aromatic heterocycles. The first kappa shape index (κ1) is 27.0. The third-order valence-electron chi connectivity index (χ3n) is 6.66. The Bertz CT molecular complexity index is 1500. The highest BCUT2D eigenvalue weighted by Gasteiger charge is 2.42. The van der Waals surface area contributed by atoms with Crippen LogP contribution in [0.3, 0.4) is 0 Å². The number of halogens is 1. The second-order valence-electron chi connectivity index (χ2n) is 9.30. The maximum Gasteiger partial charge on any atom is 0.268 e. The number of hydrogen-bond donors (Lipinski definition) is 2. The SMILES string of the molecule is O=C(NCc1ccc(Cl)cc1)C1=NNc2ccc(CN3CCOCC3)cc2C1C(=O)S(=O)(=O)c1ccccc1. The molecule has 1 amide bonds. The highest BCUT2D eigenvalue weighted by molar-refractivity contribution is 8.06. The Kier molecular flexibility index (Phi) is 8.08. The average Bonchev–Trinajstić information content (AvgIpc) is 2.96. The van der Waals surface area contributed by atoms with Crippen molar-refractivity contribution in [1.29, 1.82) is 0 Å². The van der Waals surface area contributed by atoms with Crippen LogP contribution in [0.5, 0.6) is 0 Å². The minimum absolute atomic E-state index is 0.138. The van der Waals surface area contributed by atoms with Gasteiger partial charge < -0.3 is 10.1 Å². The highest BCUT2D eigenvalue weighted by Crippen LogP contribution is 2.35. The quantitative estimate of drug-likeness (QED) is 0.450. The van der Waals surface area contributed by atoms with Gasteiger partial charge in [0.05, 0.1) is 23.8 Å². The smallest absolute Gasteiger partial charge is 0.268 e. The largest absolute Gasteiger partial charge is 0.379 e. The van der Waals surface area contributed by atoms with Crippen molar-refractivity contribution < 1.29 is 22.7 Å². The molecule has 1 atom stereocenters. The zero-order chi connectivity index (χ0) is 27.4. The first-order valence-corrected chi connectivity index (χ1v) is 14.3. The number of morpholine rings is 1. The molecule has 5 rings (SSSR count). The van der Waals surface area contributed by atoms with Gasteiger partial charge in [-0.2, -0.15) is 5.10 Å². The molecule has 11 heteroatoms. The first-order valence-electron chi connectivity index (χ1n) is 12.5. The molecule has 0 bridgehead atoms. The van der Waals surface area contributed by atoms with E-state index in [1.54, 1.807) is 54.6 Å². The van der Waals surface area contributed by atoms with Crippen molar-refractivity contribution in [2.75, 3.05) is 31.7 Å². The fourth-order valence-corrected chi connectivity index (χ4v) is 5.99. The van der Waals surface area contributed by atoms with E-state index in [2.05, 4.69) is 20.7 Å². The summed E-state index contributed by atoms with van der Waals surface area (Å²) < 4.78 is 32.3. The highest BCUT2D eigenvalue weighted by atomic mass is 35.5. The number of hydrazone groups is 1. The van der Waals surface area contributed by atoms with Crippen molar-refractivity contribution in [2.24, 2.45) is 5.10 Å². The number of ether oxygens (including phenoxy) is 1. The molecular weight excluding hydrogens is 540 g/mol. The summed E-state index contributed by atoms with van der Waals surface area (Å²) in [4.78, 5) is 29.2. The third kappa shape index (κ3) is 6.04. The van der Waals surface area contributed by atoms with E-state index in [0.29, 0.717) is 36.0 Å². The lowest BCUT2D eigenvalue weighted by atomic mass is 9.90. The predicted molar refractivity (Wildman–Crippen MR) is 148 cm³/mol. The number of carbonyl (C=O) groups excluding carboxylic acids is 2. The van der Waals surface area contributed by atoms with E-state index in [4.69, 9.17) is 16.3 Å². The second kappa shape index (κ2) is 11.7. The Labute approximate surface area is 231 Å². The Morgan fingerprint density at radius 1 is 1.00 bits per heavy atom. The molecule has 1 fully saturated rings. The lowest BCUT2D eigenvalue weighted by Gasteiger charge is -2.28. The number of nitrogens with zero attached hydrogens (tertiary/aromatic N) is 2. The molecule has 0 radical (unpaired) electrons. The number of benzene rings is 3. The molecule has 39 heavy (non-hydrogen) atoms. The molecular formula is C28H27ClN4O5S. The second-order valence-corrected chi connectivity index (χ2v) is 11.6. The van der Waals surface area contributed by atoms with Crippen molar-refractivity contribution in [1.82, 2.24) is 10.2 Å². The summed E-state index contributed by atoms with van der Waals surface area (Å²) in [7, 11) is -4.43. The maximum atomic E-state index is 13.8. The zero-order valence-corrected chi connectivity index (χ0v) is 22.5. The number of fused-ring (bicyclic) bond motifs is 1. The number of carbonyl (C=O) groups is 2. The van der Waals surface area contributed by atoms with Gasteiger partial charge in [0.15, 0.2) is 0 Å². The van der Waals surface area contributed by atoms with Crippen molar-refractivity contribution in [3.8, 4) is 0 Å². The molecule has 1 saturated heterocycles. The molecule has 0 spiro atoms. The topological polar surface area (TPSA) is 117 Å². The van der Waals surface area contributed by atoms with E-state index in [1.807, 2.05) is 6.07 Å². The van der Waals surface area contributed by atoms with Crippen LogP contribution in [0.4, 0.5) is 5.69 Å². The summed E-state index contributed by atoms with van der Waals surface area (Å²) in [5, 5.41) is 6.38. The molecule has 2 heterocycles. The summed E-state index contributed by atoms with van der Waals surface area (Å²) in [5.41, 5.74) is 5.14. The lowest BCUT2D eigenvalue weighted by Crippen LogP contribution is -2.41. The molecule has 2 N–H and O–H groups in total. The van der Waals surface area contributed by atoms with E-state index >= 15 is 0 Å². The van der Waals surface area contributed by atoms with Gasteiger partial charge in [-0.05, 0) is 47.0 Å². The van der Waals surface area contributed by atoms with Crippen LogP contribution in [-0.4, -0.2) is 56.4 Å². The maximum absolute atomic E-state index is 13.8. The van der Waals surface area contributed by atoms with Crippen LogP contribution < -0.4 is 10.7 Å². The van der Waals surface area contributed by atoms with Gasteiger partial charge in [-0.1, -0.05) is 54.1 Å². The first-order chi connectivity index (χ1) is 18.8. The van der Waals surface area contributed by atoms with Crippen LogP contribution in [0.2, 0.25) is 5.02 Å². The number of hydrogen-bond acceptors (Lipinski definition) is 8. The molecule has 9 nitrogen and oxygen atoms in total. The van der Waals surface area contributed by atoms with Crippen molar-refractivity contribution in [2.45, 2.75) is 23.9 Å². The Morgan fingerprint density at radius 2 is 1.69 bits per heavy atom. The molecule has 3 aromatic carbocycles. The monoisotopic (exact) mass is 566 g/mol. The summed E-state index contributed by atoms with van der Waals surface area (Å²) in [5.74, 6) is -2.07. The van der Waals surface area contributed by atoms with Gasteiger partial charge in [0.1, 0.15) is 11.6 Å². The predicted octanol–water partition coefficient (Wildman–Crippen LogP) is 3.35. The summed E-state index contributed by atoms with van der Waals surface area (Å²) >= 11 is 5.95. The number of rotatable bonds is 7. The number of amides is 1. The molecule has 0 aliphatic carbocycles. The number of nitrogens with one attached hydrogen (secondary N) is 2. The van der Waals surface area contributed by atoms with Crippen LogP contribution in [0, 0.1) is 0 Å². The van der Waals surface area contributed by atoms with Gasteiger partial charge in [0, 0.05) is 31.2 Å². The Balaban J connectivity index is 1.48. The fourth-order valence-electron chi connectivity index (χ4n) is 4.57. The third-order valence-corrected chi connectivity index (χ3v) is 8.57. The Hall–Kier alpha value is -3.57. The van der Waals surface area contributed by atoms with Gasteiger partial charge in [-0.3, -0.25) is 19.9 Å². The average molecular weight is 567 g/mol. The minimum atomic E-state index is -4.43. The standard InChI is InChI=1S/C28H27ClN4O5S/c29-21-9-6-19(7-10-21)17-30-27(34)26-25(28(35)39(36,37)22-4-2-1-3-5-22)23-16-20(8-11-24(23)31-32-26)18-33-12-14-38-15-13-33/h1-11,16,25,31H,12-15,17-18H2,(H,30,34). The fraction of sp³-hybridized carbons (Fsp3) is 0.250. The van der Waals surface area contributed by atoms with E-state index in [-0.39, 0.29) is 17.2 Å². The van der Waals surface area contributed by atoms with Crippen LogP contribution in [0.1, 0.15) is 22.6 Å².